The molecule has 1 aromatic rings. The molecule has 1 N–H and O–H groups in total. The molecule has 4 heteroatoms. The molecular formula is C25H38N2O2. The predicted molar refractivity (Wildman–Crippen MR) is 113 cm³/mol. The minimum atomic E-state index is -0.438. The zero-order valence-corrected chi connectivity index (χ0v) is 18.4. The van der Waals surface area contributed by atoms with Gasteiger partial charge in [0.15, 0.2) is 5.78 Å². The SMILES string of the molecule is Cc1ccnn1CC(=O)C1CCC2C3CCC4CC(C)(O)CCC4C3CCC12C. The first-order valence-electron chi connectivity index (χ1n) is 12.0. The summed E-state index contributed by atoms with van der Waals surface area (Å²) < 4.78 is 1.88. The topological polar surface area (TPSA) is 55.1 Å². The van der Waals surface area contributed by atoms with Gasteiger partial charge in [-0.25, -0.2) is 0 Å². The molecule has 4 fully saturated rings. The van der Waals surface area contributed by atoms with Gasteiger partial charge in [0.25, 0.3) is 0 Å². The number of ketones is 1. The van der Waals surface area contributed by atoms with Gasteiger partial charge in [0.05, 0.1) is 5.60 Å². The second-order valence-corrected chi connectivity index (χ2v) is 11.4. The average Bonchev–Trinajstić information content (AvgIpc) is 3.23. The zero-order chi connectivity index (χ0) is 20.4. The van der Waals surface area contributed by atoms with Crippen LogP contribution in [0.2, 0.25) is 0 Å². The second-order valence-electron chi connectivity index (χ2n) is 11.4. The smallest absolute Gasteiger partial charge is 0.157 e. The molecule has 0 aromatic carbocycles. The summed E-state index contributed by atoms with van der Waals surface area (Å²) in [5.74, 6) is 4.53. The second kappa shape index (κ2) is 6.93. The summed E-state index contributed by atoms with van der Waals surface area (Å²) in [6, 6.07) is 1.98. The maximum atomic E-state index is 13.3. The van der Waals surface area contributed by atoms with Crippen molar-refractivity contribution >= 4 is 5.78 Å². The molecule has 1 heterocycles. The maximum absolute atomic E-state index is 13.3. The fourth-order valence-corrected chi connectivity index (χ4v) is 8.43. The lowest BCUT2D eigenvalue weighted by molar-refractivity contribution is -0.133. The van der Waals surface area contributed by atoms with Gasteiger partial charge in [0.1, 0.15) is 6.54 Å². The van der Waals surface area contributed by atoms with Crippen LogP contribution < -0.4 is 0 Å². The quantitative estimate of drug-likeness (QED) is 0.797. The molecule has 0 bridgehead atoms. The Labute approximate surface area is 175 Å². The van der Waals surface area contributed by atoms with Crippen molar-refractivity contribution in [3.05, 3.63) is 18.0 Å². The summed E-state index contributed by atoms with van der Waals surface area (Å²) in [6.07, 6.45) is 12.4. The highest BCUT2D eigenvalue weighted by atomic mass is 16.3. The summed E-state index contributed by atoms with van der Waals surface area (Å²) in [4.78, 5) is 13.3. The van der Waals surface area contributed by atoms with Gasteiger partial charge in [-0.15, -0.1) is 0 Å². The van der Waals surface area contributed by atoms with Crippen LogP contribution in [0.3, 0.4) is 0 Å². The number of hydrogen-bond donors (Lipinski definition) is 1. The lowest BCUT2D eigenvalue weighted by Gasteiger charge is -2.56. The van der Waals surface area contributed by atoms with Crippen molar-refractivity contribution in [3.8, 4) is 0 Å². The fraction of sp³-hybridized carbons (Fsp3) is 0.840. The van der Waals surface area contributed by atoms with Crippen molar-refractivity contribution in [1.82, 2.24) is 9.78 Å². The van der Waals surface area contributed by atoms with Gasteiger partial charge in [0.2, 0.25) is 0 Å². The molecule has 8 unspecified atom stereocenters. The van der Waals surface area contributed by atoms with E-state index in [1.807, 2.05) is 24.6 Å². The molecule has 0 radical (unpaired) electrons. The molecule has 1 aromatic heterocycles. The Hall–Kier alpha value is -1.16. The van der Waals surface area contributed by atoms with Gasteiger partial charge >= 0.3 is 0 Å². The Morgan fingerprint density at radius 3 is 2.66 bits per heavy atom. The van der Waals surface area contributed by atoms with Crippen LogP contribution in [-0.4, -0.2) is 26.3 Å². The molecule has 0 amide bonds. The summed E-state index contributed by atoms with van der Waals surface area (Å²) in [5.41, 5.74) is 0.826. The van der Waals surface area contributed by atoms with Gasteiger partial charge in [-0.2, -0.15) is 5.10 Å². The van der Waals surface area contributed by atoms with E-state index in [1.165, 1.54) is 38.5 Å². The van der Waals surface area contributed by atoms with Crippen LogP contribution in [0.5, 0.6) is 0 Å². The van der Waals surface area contributed by atoms with Crippen LogP contribution in [-0.2, 0) is 11.3 Å². The first-order valence-corrected chi connectivity index (χ1v) is 12.0. The van der Waals surface area contributed by atoms with Crippen LogP contribution in [0.4, 0.5) is 0 Å². The van der Waals surface area contributed by atoms with Crippen LogP contribution in [0.25, 0.3) is 0 Å². The van der Waals surface area contributed by atoms with Crippen molar-refractivity contribution in [3.63, 3.8) is 0 Å². The Bertz CT molecular complexity index is 784. The number of rotatable bonds is 3. The van der Waals surface area contributed by atoms with Crippen molar-refractivity contribution in [1.29, 1.82) is 0 Å². The highest BCUT2D eigenvalue weighted by molar-refractivity contribution is 5.82. The van der Waals surface area contributed by atoms with Crippen LogP contribution in [0.15, 0.2) is 12.3 Å². The van der Waals surface area contributed by atoms with Crippen LogP contribution in [0.1, 0.15) is 77.3 Å². The van der Waals surface area contributed by atoms with Crippen molar-refractivity contribution in [2.75, 3.05) is 0 Å². The minimum absolute atomic E-state index is 0.187. The fourth-order valence-electron chi connectivity index (χ4n) is 8.43. The normalized spacial score (nSPS) is 46.6. The standard InChI is InChI=1S/C25H38N2O2/c1-16-10-13-26-27(16)15-23(28)22-7-6-21-20-5-4-17-14-24(2,29)11-8-18(17)19(20)9-12-25(21,22)3/h10,13,17-22,29H,4-9,11-12,14-15H2,1-3H3. The highest BCUT2D eigenvalue weighted by Gasteiger charge is 2.58. The number of hydrogen-bond acceptors (Lipinski definition) is 3. The van der Waals surface area contributed by atoms with Gasteiger partial charge < -0.3 is 5.11 Å². The Kier molecular flexibility index (Phi) is 4.73. The van der Waals surface area contributed by atoms with Gasteiger partial charge in [-0.3, -0.25) is 9.48 Å². The Morgan fingerprint density at radius 2 is 1.90 bits per heavy atom. The predicted octanol–water partition coefficient (Wildman–Crippen LogP) is 4.78. The van der Waals surface area contributed by atoms with Crippen LogP contribution in [0, 0.1) is 47.8 Å². The molecule has 4 aliphatic carbocycles. The molecular weight excluding hydrogens is 360 g/mol. The molecule has 5 rings (SSSR count). The largest absolute Gasteiger partial charge is 0.390 e. The van der Waals surface area contributed by atoms with Gasteiger partial charge in [-0.05, 0) is 113 Å². The summed E-state index contributed by atoms with van der Waals surface area (Å²) in [6.45, 7) is 6.96. The van der Waals surface area contributed by atoms with Crippen LogP contribution >= 0.6 is 0 Å². The third-order valence-corrected chi connectivity index (χ3v) is 9.86. The number of fused-ring (bicyclic) bond motifs is 5. The number of aliphatic hydroxyl groups is 1. The zero-order valence-electron chi connectivity index (χ0n) is 18.4. The van der Waals surface area contributed by atoms with E-state index in [9.17, 15) is 9.90 Å². The number of carbonyl (C=O) groups excluding carboxylic acids is 1. The minimum Gasteiger partial charge on any atom is -0.390 e. The van der Waals surface area contributed by atoms with E-state index in [-0.39, 0.29) is 11.3 Å². The summed E-state index contributed by atoms with van der Waals surface area (Å²) >= 11 is 0. The van der Waals surface area contributed by atoms with E-state index < -0.39 is 5.60 Å². The van der Waals surface area contributed by atoms with Gasteiger partial charge in [0, 0.05) is 17.8 Å². The molecule has 160 valence electrons. The third-order valence-electron chi connectivity index (χ3n) is 9.86. The van der Waals surface area contributed by atoms with E-state index in [1.54, 1.807) is 6.20 Å². The van der Waals surface area contributed by atoms with Crippen molar-refractivity contribution < 1.29 is 9.90 Å². The molecule has 8 atom stereocenters. The summed E-state index contributed by atoms with van der Waals surface area (Å²) in [5, 5.41) is 14.9. The lowest BCUT2D eigenvalue weighted by Crippen LogP contribution is -2.51. The molecule has 0 spiro atoms. The molecule has 29 heavy (non-hydrogen) atoms. The van der Waals surface area contributed by atoms with Crippen molar-refractivity contribution in [2.24, 2.45) is 40.9 Å². The monoisotopic (exact) mass is 398 g/mol. The number of nitrogens with zero attached hydrogens (tertiary/aromatic N) is 2. The average molecular weight is 399 g/mol. The number of carbonyl (C=O) groups is 1. The number of aryl methyl sites for hydroxylation is 1. The van der Waals surface area contributed by atoms with E-state index in [2.05, 4.69) is 12.0 Å². The first kappa shape index (κ1) is 19.8. The highest BCUT2D eigenvalue weighted by Crippen LogP contribution is 2.64. The third kappa shape index (κ3) is 3.21. The first-order chi connectivity index (χ1) is 13.8. The van der Waals surface area contributed by atoms with E-state index in [4.69, 9.17) is 0 Å². The maximum Gasteiger partial charge on any atom is 0.157 e. The lowest BCUT2D eigenvalue weighted by atomic mass is 9.49. The molecule has 4 nitrogen and oxygen atoms in total. The van der Waals surface area contributed by atoms with E-state index in [0.29, 0.717) is 12.3 Å². The van der Waals surface area contributed by atoms with Gasteiger partial charge in [-0.1, -0.05) is 6.92 Å². The van der Waals surface area contributed by atoms with E-state index >= 15 is 0 Å². The molecule has 0 aliphatic heterocycles. The number of aromatic nitrogens is 2. The Morgan fingerprint density at radius 1 is 1.10 bits per heavy atom. The molecule has 4 aliphatic rings. The Balaban J connectivity index is 1.32. The molecule has 4 saturated carbocycles. The van der Waals surface area contributed by atoms with Crippen molar-refractivity contribution in [2.45, 2.75) is 90.7 Å². The summed E-state index contributed by atoms with van der Waals surface area (Å²) in [7, 11) is 0. The molecule has 0 saturated heterocycles. The van der Waals surface area contributed by atoms with E-state index in [0.717, 1.165) is 54.5 Å². The number of Topliss-reactive ketones (excluding diaryl/α,β-unsaturated/α-hetero) is 1.